The van der Waals surface area contributed by atoms with Crippen LogP contribution in [0.1, 0.15) is 155 Å². The van der Waals surface area contributed by atoms with Crippen LogP contribution in [0.3, 0.4) is 0 Å². The predicted molar refractivity (Wildman–Crippen MR) is 148 cm³/mol. The van der Waals surface area contributed by atoms with Crippen molar-refractivity contribution in [2.75, 3.05) is 0 Å². The number of fused-ring (bicyclic) bond motifs is 7. The second kappa shape index (κ2) is 9.04. The molecule has 8 saturated carbocycles. The Bertz CT molecular complexity index is 742. The summed E-state index contributed by atoms with van der Waals surface area (Å²) in [6, 6.07) is 0. The summed E-state index contributed by atoms with van der Waals surface area (Å²) in [7, 11) is 0. The fourth-order valence-electron chi connectivity index (χ4n) is 13.4. The van der Waals surface area contributed by atoms with Crippen LogP contribution in [0.25, 0.3) is 0 Å². The van der Waals surface area contributed by atoms with Crippen LogP contribution in [-0.4, -0.2) is 0 Å². The van der Waals surface area contributed by atoms with Gasteiger partial charge in [0.2, 0.25) is 0 Å². The molecule has 0 amide bonds. The molecule has 0 heterocycles. The molecule has 35 heavy (non-hydrogen) atoms. The minimum Gasteiger partial charge on any atom is -0.0625 e. The van der Waals surface area contributed by atoms with E-state index in [2.05, 4.69) is 13.8 Å². The van der Waals surface area contributed by atoms with Crippen LogP contribution in [0, 0.1) is 63.6 Å². The summed E-state index contributed by atoms with van der Waals surface area (Å²) in [6.45, 7) is 5.11. The van der Waals surface area contributed by atoms with Crippen molar-refractivity contribution in [2.45, 2.75) is 155 Å². The molecular formula is C35H58. The Kier molecular flexibility index (Phi) is 6.22. The summed E-state index contributed by atoms with van der Waals surface area (Å²) < 4.78 is 0. The highest BCUT2D eigenvalue weighted by molar-refractivity contribution is 5.15. The van der Waals surface area contributed by atoms with Crippen LogP contribution < -0.4 is 0 Å². The van der Waals surface area contributed by atoms with Crippen molar-refractivity contribution in [3.05, 3.63) is 0 Å². The van der Waals surface area contributed by atoms with Gasteiger partial charge in [0.25, 0.3) is 0 Å². The SMILES string of the molecule is CC1CCC(CC2(C3CCC(C)CC3)C3CC(CC45CCCCC(C3)(C4)C5)C3CCCCC32)CC1. The monoisotopic (exact) mass is 478 g/mol. The zero-order chi connectivity index (χ0) is 23.7. The molecule has 0 saturated heterocycles. The van der Waals surface area contributed by atoms with Gasteiger partial charge in [0, 0.05) is 0 Å². The van der Waals surface area contributed by atoms with Gasteiger partial charge in [0.05, 0.1) is 0 Å². The molecule has 0 aliphatic heterocycles. The molecule has 0 aromatic carbocycles. The van der Waals surface area contributed by atoms with E-state index < -0.39 is 0 Å². The average Bonchev–Trinajstić information content (AvgIpc) is 3.13. The van der Waals surface area contributed by atoms with Gasteiger partial charge in [0.1, 0.15) is 0 Å². The van der Waals surface area contributed by atoms with Gasteiger partial charge in [-0.2, -0.15) is 0 Å². The molecule has 8 aliphatic carbocycles. The lowest BCUT2D eigenvalue weighted by Gasteiger charge is -2.69. The van der Waals surface area contributed by atoms with E-state index in [9.17, 15) is 0 Å². The van der Waals surface area contributed by atoms with Gasteiger partial charge in [-0.1, -0.05) is 78.1 Å². The van der Waals surface area contributed by atoms with Crippen LogP contribution in [0.2, 0.25) is 0 Å². The van der Waals surface area contributed by atoms with Crippen molar-refractivity contribution in [2.24, 2.45) is 63.6 Å². The average molecular weight is 479 g/mol. The molecule has 0 heteroatoms. The Morgan fingerprint density at radius 2 is 1.23 bits per heavy atom. The summed E-state index contributed by atoms with van der Waals surface area (Å²) in [6.07, 6.45) is 35.3. The molecule has 8 aliphatic rings. The van der Waals surface area contributed by atoms with Gasteiger partial charge in [0.15, 0.2) is 0 Å². The molecule has 5 unspecified atom stereocenters. The molecule has 0 radical (unpaired) electrons. The van der Waals surface area contributed by atoms with Crippen molar-refractivity contribution < 1.29 is 0 Å². The Labute approximate surface area is 218 Å². The third-order valence-electron chi connectivity index (χ3n) is 14.6. The smallest absolute Gasteiger partial charge is 0.0207 e. The predicted octanol–water partition coefficient (Wildman–Crippen LogP) is 10.6. The Morgan fingerprint density at radius 3 is 1.94 bits per heavy atom. The molecule has 0 N–H and O–H groups in total. The number of hydrogen-bond acceptors (Lipinski definition) is 0. The lowest BCUT2D eigenvalue weighted by molar-refractivity contribution is -0.195. The molecule has 5 atom stereocenters. The van der Waals surface area contributed by atoms with E-state index in [1.807, 2.05) is 0 Å². The molecule has 8 rings (SSSR count). The summed E-state index contributed by atoms with van der Waals surface area (Å²) in [5, 5.41) is 0. The second-order valence-electron chi connectivity index (χ2n) is 16.6. The minimum atomic E-state index is 0.740. The first kappa shape index (κ1) is 24.1. The van der Waals surface area contributed by atoms with Gasteiger partial charge in [-0.15, -0.1) is 0 Å². The first-order chi connectivity index (χ1) is 17.0. The maximum atomic E-state index is 2.57. The summed E-state index contributed by atoms with van der Waals surface area (Å²) in [4.78, 5) is 0. The van der Waals surface area contributed by atoms with Gasteiger partial charge in [-0.3, -0.25) is 0 Å². The second-order valence-corrected chi connectivity index (χ2v) is 16.6. The summed E-state index contributed by atoms with van der Waals surface area (Å²) >= 11 is 0. The molecule has 198 valence electrons. The van der Waals surface area contributed by atoms with Crippen molar-refractivity contribution in [1.29, 1.82) is 0 Å². The zero-order valence-electron chi connectivity index (χ0n) is 23.7. The summed E-state index contributed by atoms with van der Waals surface area (Å²) in [5.41, 5.74) is 2.35. The van der Waals surface area contributed by atoms with Crippen LogP contribution >= 0.6 is 0 Å². The molecular weight excluding hydrogens is 420 g/mol. The normalized spacial score (nSPS) is 56.1. The van der Waals surface area contributed by atoms with Crippen LogP contribution in [0.5, 0.6) is 0 Å². The molecule has 0 aromatic heterocycles. The highest BCUT2D eigenvalue weighted by Gasteiger charge is 2.65. The lowest BCUT2D eigenvalue weighted by atomic mass is 9.36. The highest BCUT2D eigenvalue weighted by Crippen LogP contribution is 2.75. The van der Waals surface area contributed by atoms with E-state index >= 15 is 0 Å². The summed E-state index contributed by atoms with van der Waals surface area (Å²) in [5.74, 6) is 8.61. The Hall–Kier alpha value is 0. The number of hydrogen-bond donors (Lipinski definition) is 0. The first-order valence-corrected chi connectivity index (χ1v) is 17.0. The molecule has 0 spiro atoms. The van der Waals surface area contributed by atoms with Crippen molar-refractivity contribution >= 4 is 0 Å². The van der Waals surface area contributed by atoms with E-state index in [1.165, 1.54) is 12.8 Å². The van der Waals surface area contributed by atoms with E-state index in [1.54, 1.807) is 128 Å². The maximum Gasteiger partial charge on any atom is -0.0207 e. The lowest BCUT2D eigenvalue weighted by Crippen LogP contribution is -2.60. The van der Waals surface area contributed by atoms with E-state index in [4.69, 9.17) is 0 Å². The first-order valence-electron chi connectivity index (χ1n) is 17.0. The van der Waals surface area contributed by atoms with Gasteiger partial charge in [-0.05, 0) is 141 Å². The molecule has 8 fully saturated rings. The largest absolute Gasteiger partial charge is 0.0625 e. The van der Waals surface area contributed by atoms with Crippen LogP contribution in [0.15, 0.2) is 0 Å². The Balaban J connectivity index is 1.29. The van der Waals surface area contributed by atoms with Crippen molar-refractivity contribution in [3.8, 4) is 0 Å². The minimum absolute atomic E-state index is 0.740. The third kappa shape index (κ3) is 4.03. The van der Waals surface area contributed by atoms with Gasteiger partial charge in [-0.25, -0.2) is 0 Å². The molecule has 0 nitrogen and oxygen atoms in total. The molecule has 0 aromatic rings. The number of rotatable bonds is 3. The van der Waals surface area contributed by atoms with Crippen molar-refractivity contribution in [3.63, 3.8) is 0 Å². The van der Waals surface area contributed by atoms with Gasteiger partial charge >= 0.3 is 0 Å². The Morgan fingerprint density at radius 1 is 0.600 bits per heavy atom. The third-order valence-corrected chi connectivity index (χ3v) is 14.6. The molecule has 4 bridgehead atoms. The van der Waals surface area contributed by atoms with E-state index in [0.29, 0.717) is 0 Å². The van der Waals surface area contributed by atoms with Crippen LogP contribution in [0.4, 0.5) is 0 Å². The highest BCUT2D eigenvalue weighted by atomic mass is 14.7. The standard InChI is InChI=1S/C35H58/c1-25-9-13-27(14-10-25)20-35(29-15-11-26(2)12-16-29)30-19-28(31-7-3-4-8-32(31)35)21-33-17-5-6-18-34(22-30,23-33)24-33/h25-32H,3-24H2,1-2H3. The zero-order valence-corrected chi connectivity index (χ0v) is 23.7. The van der Waals surface area contributed by atoms with Gasteiger partial charge < -0.3 is 0 Å². The fraction of sp³-hybridized carbons (Fsp3) is 1.00. The maximum absolute atomic E-state index is 2.57. The quantitative estimate of drug-likeness (QED) is 0.378. The van der Waals surface area contributed by atoms with Crippen LogP contribution in [-0.2, 0) is 0 Å². The van der Waals surface area contributed by atoms with E-state index in [0.717, 1.165) is 63.6 Å². The van der Waals surface area contributed by atoms with Crippen molar-refractivity contribution in [1.82, 2.24) is 0 Å². The van der Waals surface area contributed by atoms with E-state index in [-0.39, 0.29) is 0 Å². The topological polar surface area (TPSA) is 0 Å². The fourth-order valence-corrected chi connectivity index (χ4v) is 13.4.